The minimum atomic E-state index is 0.641. The topological polar surface area (TPSA) is 43.4 Å². The average molecular weight is 180 g/mol. The molecule has 0 spiro atoms. The van der Waals surface area contributed by atoms with E-state index in [1.165, 1.54) is 0 Å². The lowest BCUT2D eigenvalue weighted by Gasteiger charge is -1.84. The summed E-state index contributed by atoms with van der Waals surface area (Å²) in [5.74, 6) is 0. The molecule has 0 aliphatic carbocycles. The molecule has 0 radical (unpaired) electrons. The molecule has 68 valence electrons. The Kier molecular flexibility index (Phi) is 1.80. The van der Waals surface area contributed by atoms with Gasteiger partial charge in [0.05, 0.1) is 14.1 Å². The van der Waals surface area contributed by atoms with Crippen LogP contribution in [0.5, 0.6) is 0 Å². The van der Waals surface area contributed by atoms with E-state index in [0.717, 1.165) is 0 Å². The van der Waals surface area contributed by atoms with Crippen molar-refractivity contribution in [2.45, 2.75) is 6.67 Å². The Balaban J connectivity index is 2.14. The van der Waals surface area contributed by atoms with Crippen LogP contribution < -0.4 is 9.13 Å². The summed E-state index contributed by atoms with van der Waals surface area (Å²) in [6.45, 7) is 0.641. The molecule has 6 heteroatoms. The van der Waals surface area contributed by atoms with Crippen LogP contribution >= 0.6 is 0 Å². The van der Waals surface area contributed by atoms with Gasteiger partial charge in [-0.05, 0) is 0 Å². The molecular formula is C7H12N6+2. The minimum Gasteiger partial charge on any atom is -0.240 e. The first-order chi connectivity index (χ1) is 6.24. The van der Waals surface area contributed by atoms with Gasteiger partial charge in [0.25, 0.3) is 19.3 Å². The van der Waals surface area contributed by atoms with E-state index in [9.17, 15) is 0 Å². The fourth-order valence-corrected chi connectivity index (χ4v) is 1.13. The van der Waals surface area contributed by atoms with Gasteiger partial charge in [0.15, 0.2) is 0 Å². The second kappa shape index (κ2) is 2.96. The van der Waals surface area contributed by atoms with Crippen molar-refractivity contribution in [3.8, 4) is 0 Å². The van der Waals surface area contributed by atoms with Crippen LogP contribution in [-0.4, -0.2) is 19.6 Å². The first-order valence-corrected chi connectivity index (χ1v) is 3.99. The first-order valence-electron chi connectivity index (χ1n) is 3.99. The lowest BCUT2D eigenvalue weighted by Crippen LogP contribution is -2.25. The van der Waals surface area contributed by atoms with E-state index in [2.05, 4.69) is 10.2 Å². The second-order valence-electron chi connectivity index (χ2n) is 3.04. The zero-order valence-corrected chi connectivity index (χ0v) is 7.70. The number of hydrogen-bond acceptors (Lipinski definition) is 2. The SMILES string of the molecule is C[n+]1cnn(Cn2c[n+](C)cn2)c1. The van der Waals surface area contributed by atoms with Crippen LogP contribution in [0.15, 0.2) is 25.3 Å². The molecular weight excluding hydrogens is 168 g/mol. The maximum Gasteiger partial charge on any atom is 0.265 e. The Hall–Kier alpha value is -1.72. The van der Waals surface area contributed by atoms with Gasteiger partial charge in [-0.3, -0.25) is 0 Å². The van der Waals surface area contributed by atoms with Crippen LogP contribution in [0, 0.1) is 0 Å². The highest BCUT2D eigenvalue weighted by atomic mass is 15.5. The number of nitrogens with zero attached hydrogens (tertiary/aromatic N) is 6. The number of rotatable bonds is 2. The lowest BCUT2D eigenvalue weighted by molar-refractivity contribution is -0.673. The molecule has 0 aromatic carbocycles. The van der Waals surface area contributed by atoms with Crippen molar-refractivity contribution >= 4 is 0 Å². The Bertz CT molecular complexity index is 362. The van der Waals surface area contributed by atoms with Crippen LogP contribution in [-0.2, 0) is 20.8 Å². The fourth-order valence-electron chi connectivity index (χ4n) is 1.13. The molecule has 2 aromatic heterocycles. The van der Waals surface area contributed by atoms with Gasteiger partial charge in [-0.25, -0.2) is 9.13 Å². The molecule has 2 heterocycles. The quantitative estimate of drug-likeness (QED) is 0.514. The summed E-state index contributed by atoms with van der Waals surface area (Å²) >= 11 is 0. The average Bonchev–Trinajstić information content (AvgIpc) is 2.62. The maximum absolute atomic E-state index is 4.13. The smallest absolute Gasteiger partial charge is 0.240 e. The van der Waals surface area contributed by atoms with Crippen molar-refractivity contribution in [3.63, 3.8) is 0 Å². The summed E-state index contributed by atoms with van der Waals surface area (Å²) in [5, 5.41) is 8.26. The van der Waals surface area contributed by atoms with E-state index in [1.54, 1.807) is 12.7 Å². The van der Waals surface area contributed by atoms with Gasteiger partial charge < -0.3 is 0 Å². The summed E-state index contributed by atoms with van der Waals surface area (Å²) in [6, 6.07) is 0. The highest BCUT2D eigenvalue weighted by Gasteiger charge is 2.08. The van der Waals surface area contributed by atoms with E-state index in [1.807, 2.05) is 45.2 Å². The second-order valence-corrected chi connectivity index (χ2v) is 3.04. The van der Waals surface area contributed by atoms with Crippen LogP contribution in [0.3, 0.4) is 0 Å². The van der Waals surface area contributed by atoms with E-state index < -0.39 is 0 Å². The Morgan fingerprint density at radius 2 is 1.46 bits per heavy atom. The van der Waals surface area contributed by atoms with E-state index in [-0.39, 0.29) is 0 Å². The predicted molar refractivity (Wildman–Crippen MR) is 42.2 cm³/mol. The van der Waals surface area contributed by atoms with E-state index in [4.69, 9.17) is 0 Å². The highest BCUT2D eigenvalue weighted by Crippen LogP contribution is 1.80. The Morgan fingerprint density at radius 1 is 1.00 bits per heavy atom. The van der Waals surface area contributed by atoms with Gasteiger partial charge in [0.2, 0.25) is 12.7 Å². The van der Waals surface area contributed by atoms with Crippen LogP contribution in [0.1, 0.15) is 0 Å². The monoisotopic (exact) mass is 180 g/mol. The first kappa shape index (κ1) is 7.90. The molecule has 0 unspecified atom stereocenters. The molecule has 0 N–H and O–H groups in total. The molecule has 0 aliphatic heterocycles. The lowest BCUT2D eigenvalue weighted by atomic mass is 11.0. The highest BCUT2D eigenvalue weighted by molar-refractivity contribution is 4.49. The van der Waals surface area contributed by atoms with Crippen LogP contribution in [0.2, 0.25) is 0 Å². The molecule has 0 fully saturated rings. The number of aryl methyl sites for hydroxylation is 2. The van der Waals surface area contributed by atoms with Gasteiger partial charge in [-0.2, -0.15) is 0 Å². The van der Waals surface area contributed by atoms with Crippen molar-refractivity contribution in [2.75, 3.05) is 0 Å². The standard InChI is InChI=1S/C7H12N6/c1-10-3-8-12(5-10)7-13-6-11(2)4-9-13/h3-6H,7H2,1-2H3/q+2. The molecule has 2 rings (SSSR count). The third-order valence-electron chi connectivity index (χ3n) is 1.68. The number of aromatic nitrogens is 6. The third kappa shape index (κ3) is 1.71. The van der Waals surface area contributed by atoms with Gasteiger partial charge in [0.1, 0.15) is 0 Å². The van der Waals surface area contributed by atoms with Crippen LogP contribution in [0.25, 0.3) is 0 Å². The summed E-state index contributed by atoms with van der Waals surface area (Å²) in [7, 11) is 3.87. The molecule has 13 heavy (non-hydrogen) atoms. The molecule has 0 bridgehead atoms. The summed E-state index contributed by atoms with van der Waals surface area (Å²) < 4.78 is 7.41. The van der Waals surface area contributed by atoms with Crippen molar-refractivity contribution in [2.24, 2.45) is 14.1 Å². The van der Waals surface area contributed by atoms with Crippen molar-refractivity contribution in [1.82, 2.24) is 19.6 Å². The molecule has 2 aromatic rings. The van der Waals surface area contributed by atoms with Gasteiger partial charge in [-0.1, -0.05) is 9.36 Å². The minimum absolute atomic E-state index is 0.641. The third-order valence-corrected chi connectivity index (χ3v) is 1.68. The fraction of sp³-hybridized carbons (Fsp3) is 0.429. The zero-order chi connectivity index (χ0) is 9.26. The molecule has 0 amide bonds. The molecule has 0 aliphatic rings. The summed E-state index contributed by atoms with van der Waals surface area (Å²) in [4.78, 5) is 0. The largest absolute Gasteiger partial charge is 0.265 e. The van der Waals surface area contributed by atoms with E-state index >= 15 is 0 Å². The van der Waals surface area contributed by atoms with Gasteiger partial charge in [0, 0.05) is 10.2 Å². The molecule has 6 nitrogen and oxygen atoms in total. The number of hydrogen-bond donors (Lipinski definition) is 0. The normalized spacial score (nSPS) is 10.6. The summed E-state index contributed by atoms with van der Waals surface area (Å²) in [6.07, 6.45) is 7.32. The van der Waals surface area contributed by atoms with Crippen molar-refractivity contribution < 1.29 is 9.13 Å². The van der Waals surface area contributed by atoms with Crippen LogP contribution in [0.4, 0.5) is 0 Å². The summed E-state index contributed by atoms with van der Waals surface area (Å²) in [5.41, 5.74) is 0. The Labute approximate surface area is 75.7 Å². The molecule has 0 saturated carbocycles. The molecule has 0 saturated heterocycles. The van der Waals surface area contributed by atoms with Gasteiger partial charge in [-0.15, -0.1) is 0 Å². The molecule has 0 atom stereocenters. The van der Waals surface area contributed by atoms with Gasteiger partial charge >= 0.3 is 0 Å². The van der Waals surface area contributed by atoms with Crippen molar-refractivity contribution in [1.29, 1.82) is 0 Å². The zero-order valence-electron chi connectivity index (χ0n) is 7.70. The predicted octanol–water partition coefficient (Wildman–Crippen LogP) is -1.77. The van der Waals surface area contributed by atoms with Crippen molar-refractivity contribution in [3.05, 3.63) is 25.3 Å². The van der Waals surface area contributed by atoms with E-state index in [0.29, 0.717) is 6.67 Å². The maximum atomic E-state index is 4.13. The Morgan fingerprint density at radius 3 is 1.77 bits per heavy atom.